The van der Waals surface area contributed by atoms with Gasteiger partial charge in [0.05, 0.1) is 16.4 Å². The van der Waals surface area contributed by atoms with Crippen molar-refractivity contribution in [1.82, 2.24) is 0 Å². The van der Waals surface area contributed by atoms with Crippen LogP contribution in [0.3, 0.4) is 0 Å². The Morgan fingerprint density at radius 1 is 0.711 bits per heavy atom. The van der Waals surface area contributed by atoms with E-state index in [-0.39, 0.29) is 48.0 Å². The van der Waals surface area contributed by atoms with E-state index in [1.807, 2.05) is 0 Å². The van der Waals surface area contributed by atoms with Gasteiger partial charge in [0.25, 0.3) is 17.0 Å². The van der Waals surface area contributed by atoms with Gasteiger partial charge in [0, 0.05) is 54.8 Å². The predicted molar refractivity (Wildman–Crippen MR) is 145 cm³/mol. The average molecular weight is 640 g/mol. The molecule has 1 N–H and O–H groups in total. The van der Waals surface area contributed by atoms with Gasteiger partial charge in [-0.3, -0.25) is 29.8 Å². The summed E-state index contributed by atoms with van der Waals surface area (Å²) in [5.41, 5.74) is -3.53. The first kappa shape index (κ1) is 33.0. The summed E-state index contributed by atoms with van der Waals surface area (Å²) < 4.78 is 78.0. The number of amides is 1. The Morgan fingerprint density at radius 2 is 1.24 bits per heavy atom. The summed E-state index contributed by atoms with van der Waals surface area (Å²) in [6.45, 7) is -0.180. The zero-order chi connectivity index (χ0) is 33.3. The summed E-state index contributed by atoms with van der Waals surface area (Å²) in [6.07, 6.45) is -10.1. The quantitative estimate of drug-likeness (QED) is 0.204. The van der Waals surface area contributed by atoms with Gasteiger partial charge in [0.2, 0.25) is 5.91 Å². The first-order valence-corrected chi connectivity index (χ1v) is 13.2. The van der Waals surface area contributed by atoms with Crippen LogP contribution < -0.4 is 4.90 Å². The average Bonchev–Trinajstić information content (AvgIpc) is 2.97. The smallest absolute Gasteiger partial charge is 0.369 e. The van der Waals surface area contributed by atoms with Gasteiger partial charge < -0.3 is 10.0 Å². The van der Waals surface area contributed by atoms with Crippen molar-refractivity contribution in [2.24, 2.45) is 0 Å². The molecule has 1 amide bonds. The van der Waals surface area contributed by atoms with Crippen molar-refractivity contribution in [3.63, 3.8) is 0 Å². The molecule has 16 heteroatoms. The van der Waals surface area contributed by atoms with Crippen molar-refractivity contribution < 1.29 is 50.9 Å². The molecule has 0 fully saturated rings. The third-order valence-corrected chi connectivity index (χ3v) is 7.47. The van der Waals surface area contributed by atoms with Crippen LogP contribution in [0.25, 0.3) is 0 Å². The number of carbonyl (C=O) groups is 2. The Bertz CT molecular complexity index is 1640. The number of rotatable bonds is 5. The van der Waals surface area contributed by atoms with Crippen molar-refractivity contribution in [2.45, 2.75) is 56.6 Å². The minimum atomic E-state index is -6.00. The van der Waals surface area contributed by atoms with E-state index in [0.29, 0.717) is 42.6 Å². The number of aryl methyl sites for hydroxylation is 2. The molecule has 2 aliphatic rings. The topological polar surface area (TPSA) is 144 Å². The van der Waals surface area contributed by atoms with Crippen molar-refractivity contribution in [2.75, 3.05) is 4.90 Å². The van der Waals surface area contributed by atoms with Crippen molar-refractivity contribution in [1.29, 1.82) is 0 Å². The first-order chi connectivity index (χ1) is 20.9. The number of hydrogen-bond acceptors (Lipinski definition) is 7. The van der Waals surface area contributed by atoms with Gasteiger partial charge in [-0.25, -0.2) is 0 Å². The molecule has 0 saturated carbocycles. The first-order valence-electron chi connectivity index (χ1n) is 13.2. The number of aliphatic hydroxyl groups is 1. The second kappa shape index (κ2) is 12.3. The van der Waals surface area contributed by atoms with Crippen LogP contribution in [0, 0.1) is 20.2 Å². The molecule has 0 bridgehead atoms. The molecule has 0 spiro atoms. The molecule has 3 aromatic carbocycles. The van der Waals surface area contributed by atoms with E-state index in [1.165, 1.54) is 29.2 Å². The molecule has 3 aromatic rings. The normalized spacial score (nSPS) is 15.0. The molecule has 45 heavy (non-hydrogen) atoms. The number of fused-ring (bicyclic) bond motifs is 2. The van der Waals surface area contributed by atoms with E-state index < -0.39 is 33.4 Å². The Hall–Kier alpha value is -4.86. The molecular formula is C29H23F6N3O7. The molecule has 238 valence electrons. The van der Waals surface area contributed by atoms with Crippen LogP contribution in [0.2, 0.25) is 0 Å². The molecule has 1 aliphatic heterocycles. The highest BCUT2D eigenvalue weighted by Gasteiger charge is 2.71. The van der Waals surface area contributed by atoms with Gasteiger partial charge >= 0.3 is 12.4 Å². The van der Waals surface area contributed by atoms with Crippen LogP contribution in [0.1, 0.15) is 40.7 Å². The van der Waals surface area contributed by atoms with Gasteiger partial charge in [0.1, 0.15) is 5.78 Å². The number of halogens is 6. The summed E-state index contributed by atoms with van der Waals surface area (Å²) in [5.74, 6) is -0.140. The van der Waals surface area contributed by atoms with E-state index in [2.05, 4.69) is 0 Å². The van der Waals surface area contributed by atoms with E-state index >= 15 is 0 Å². The van der Waals surface area contributed by atoms with Crippen LogP contribution in [0.15, 0.2) is 60.7 Å². The molecule has 0 radical (unpaired) electrons. The van der Waals surface area contributed by atoms with Gasteiger partial charge in [-0.2, -0.15) is 26.3 Å². The summed E-state index contributed by atoms with van der Waals surface area (Å²) in [6, 6.07) is 11.5. The maximum absolute atomic E-state index is 13.0. The number of nitrogens with zero attached hydrogens (tertiary/aromatic N) is 3. The van der Waals surface area contributed by atoms with E-state index in [0.717, 1.165) is 23.3 Å². The number of carbonyl (C=O) groups excluding carboxylic acids is 2. The number of nitro groups is 2. The molecule has 0 saturated heterocycles. The van der Waals surface area contributed by atoms with Crippen molar-refractivity contribution in [3.05, 3.63) is 109 Å². The number of hydrogen-bond donors (Lipinski definition) is 1. The maximum Gasteiger partial charge on any atom is 0.430 e. The SMILES string of the molecule is O=C1CCc2cc([N+](=O)[O-])ccc2C1.O=C1CCc2cc([N+](=O)[O-])ccc2N1Cc1ccc(C(O)(C(F)(F)F)C(F)(F)F)cc1. The lowest BCUT2D eigenvalue weighted by molar-refractivity contribution is -0.385. The molecule has 1 aliphatic carbocycles. The Balaban J connectivity index is 0.000000273. The van der Waals surface area contributed by atoms with Crippen molar-refractivity contribution in [3.8, 4) is 0 Å². The van der Waals surface area contributed by atoms with Crippen LogP contribution in [0.4, 0.5) is 43.4 Å². The van der Waals surface area contributed by atoms with E-state index in [1.54, 1.807) is 12.1 Å². The predicted octanol–water partition coefficient (Wildman–Crippen LogP) is 6.04. The zero-order valence-electron chi connectivity index (χ0n) is 23.0. The van der Waals surface area contributed by atoms with Gasteiger partial charge in [-0.15, -0.1) is 0 Å². The lowest BCUT2D eigenvalue weighted by Crippen LogP contribution is -2.53. The molecule has 0 atom stereocenters. The number of Topliss-reactive ketones (excluding diaryl/α,β-unsaturated/α-hetero) is 1. The summed E-state index contributed by atoms with van der Waals surface area (Å²) >= 11 is 0. The fourth-order valence-electron chi connectivity index (χ4n) is 5.06. The van der Waals surface area contributed by atoms with Crippen LogP contribution >= 0.6 is 0 Å². The van der Waals surface area contributed by atoms with Crippen molar-refractivity contribution >= 4 is 28.8 Å². The highest BCUT2D eigenvalue weighted by Crippen LogP contribution is 2.50. The Labute approximate surface area is 250 Å². The minimum Gasteiger partial charge on any atom is -0.369 e. The molecule has 5 rings (SSSR count). The number of nitro benzene ring substituents is 2. The number of alkyl halides is 6. The standard InChI is InChI=1S/C19H14F6N2O4.C10H9NO3/c20-18(21,22)17(29,19(23,24)25)13-4-1-11(2-5-13)10-26-15-7-6-14(27(30)31)9-12(15)3-8-16(26)28;12-10-4-2-7-5-9(11(13)14)3-1-8(7)6-10/h1-2,4-7,9,29H,3,8,10H2;1,3,5H,2,4,6H2. The van der Waals surface area contributed by atoms with Gasteiger partial charge in [-0.05, 0) is 41.2 Å². The van der Waals surface area contributed by atoms with Gasteiger partial charge in [-0.1, -0.05) is 30.3 Å². The van der Waals surface area contributed by atoms with Crippen LogP contribution in [-0.2, 0) is 41.0 Å². The number of benzene rings is 3. The third-order valence-electron chi connectivity index (χ3n) is 7.47. The molecular weight excluding hydrogens is 616 g/mol. The second-order valence-electron chi connectivity index (χ2n) is 10.4. The second-order valence-corrected chi connectivity index (χ2v) is 10.4. The fourth-order valence-corrected chi connectivity index (χ4v) is 5.06. The lowest BCUT2D eigenvalue weighted by Gasteiger charge is -2.33. The Morgan fingerprint density at radius 3 is 1.80 bits per heavy atom. The third kappa shape index (κ3) is 6.79. The molecule has 0 unspecified atom stereocenters. The van der Waals surface area contributed by atoms with Crippen LogP contribution in [0.5, 0.6) is 0 Å². The lowest BCUT2D eigenvalue weighted by atomic mass is 9.90. The largest absolute Gasteiger partial charge is 0.430 e. The van der Waals surface area contributed by atoms with E-state index in [4.69, 9.17) is 0 Å². The maximum atomic E-state index is 13.0. The van der Waals surface area contributed by atoms with Gasteiger partial charge in [0.15, 0.2) is 0 Å². The highest BCUT2D eigenvalue weighted by molar-refractivity contribution is 5.96. The van der Waals surface area contributed by atoms with E-state index in [9.17, 15) is 61.3 Å². The summed E-state index contributed by atoms with van der Waals surface area (Å²) in [4.78, 5) is 45.1. The minimum absolute atomic E-state index is 0.0359. The fraction of sp³-hybridized carbons (Fsp3) is 0.310. The van der Waals surface area contributed by atoms with Crippen LogP contribution in [-0.4, -0.2) is 39.0 Å². The Kier molecular flexibility index (Phi) is 9.00. The number of non-ortho nitro benzene ring substituents is 2. The summed E-state index contributed by atoms with van der Waals surface area (Å²) in [5, 5.41) is 30.9. The molecule has 10 nitrogen and oxygen atoms in total. The highest BCUT2D eigenvalue weighted by atomic mass is 19.4. The zero-order valence-corrected chi connectivity index (χ0v) is 23.0. The summed E-state index contributed by atoms with van der Waals surface area (Å²) in [7, 11) is 0. The monoisotopic (exact) mass is 639 g/mol. The number of anilines is 1. The number of ketones is 1. The molecule has 1 heterocycles. The molecule has 0 aromatic heterocycles.